The number of para-hydroxylation sites is 1. The summed E-state index contributed by atoms with van der Waals surface area (Å²) < 4.78 is 0. The van der Waals surface area contributed by atoms with Gasteiger partial charge >= 0.3 is 0 Å². The zero-order valence-corrected chi connectivity index (χ0v) is 11.0. The fraction of sp³-hybridized carbons (Fsp3) is 0.286. The molecule has 0 spiro atoms. The molecule has 18 heavy (non-hydrogen) atoms. The average Bonchev–Trinajstić information content (AvgIpc) is 2.35. The maximum Gasteiger partial charge on any atom is 0.144 e. The minimum atomic E-state index is 0.669. The summed E-state index contributed by atoms with van der Waals surface area (Å²) in [5.74, 6) is 1.61. The summed E-state index contributed by atoms with van der Waals surface area (Å²) in [5.41, 5.74) is 3.54. The van der Waals surface area contributed by atoms with Crippen LogP contribution in [0.5, 0.6) is 0 Å². The first-order valence-corrected chi connectivity index (χ1v) is 6.00. The van der Waals surface area contributed by atoms with Gasteiger partial charge in [0.25, 0.3) is 0 Å². The summed E-state index contributed by atoms with van der Waals surface area (Å²) in [5, 5.41) is 6.41. The maximum atomic E-state index is 4.46. The molecule has 0 fully saturated rings. The minimum absolute atomic E-state index is 0.669. The van der Waals surface area contributed by atoms with Crippen LogP contribution in [0.25, 0.3) is 0 Å². The van der Waals surface area contributed by atoms with E-state index in [-0.39, 0.29) is 0 Å². The first-order valence-electron chi connectivity index (χ1n) is 6.00. The standard InChI is InChI=1S/C14H18N4/c1-10-5-4-6-11(2)14(10)18-12-7-8-16-13(17-12)9-15-3/h4-8,15H,9H2,1-3H3,(H,16,17,18). The quantitative estimate of drug-likeness (QED) is 0.865. The van der Waals surface area contributed by atoms with E-state index in [1.54, 1.807) is 6.20 Å². The highest BCUT2D eigenvalue weighted by atomic mass is 15.0. The van der Waals surface area contributed by atoms with E-state index in [1.807, 2.05) is 13.1 Å². The molecule has 0 aliphatic heterocycles. The van der Waals surface area contributed by atoms with Gasteiger partial charge in [0.2, 0.25) is 0 Å². The molecular weight excluding hydrogens is 224 g/mol. The summed E-state index contributed by atoms with van der Waals surface area (Å²) in [6.07, 6.45) is 1.77. The third-order valence-corrected chi connectivity index (χ3v) is 2.77. The van der Waals surface area contributed by atoms with Crippen molar-refractivity contribution in [3.63, 3.8) is 0 Å². The third kappa shape index (κ3) is 2.84. The fourth-order valence-corrected chi connectivity index (χ4v) is 1.85. The van der Waals surface area contributed by atoms with Crippen molar-refractivity contribution in [2.75, 3.05) is 12.4 Å². The second kappa shape index (κ2) is 5.60. The van der Waals surface area contributed by atoms with E-state index in [0.717, 1.165) is 17.3 Å². The molecule has 0 unspecified atom stereocenters. The first kappa shape index (κ1) is 12.5. The topological polar surface area (TPSA) is 49.8 Å². The molecule has 0 radical (unpaired) electrons. The van der Waals surface area contributed by atoms with Crippen LogP contribution in [0.1, 0.15) is 17.0 Å². The summed E-state index contributed by atoms with van der Waals surface area (Å²) in [6.45, 7) is 4.85. The Balaban J connectivity index is 2.26. The molecular formula is C14H18N4. The van der Waals surface area contributed by atoms with Crippen molar-refractivity contribution in [2.45, 2.75) is 20.4 Å². The highest BCUT2D eigenvalue weighted by molar-refractivity contribution is 5.64. The maximum absolute atomic E-state index is 4.46. The number of rotatable bonds is 4. The number of anilines is 2. The van der Waals surface area contributed by atoms with E-state index in [9.17, 15) is 0 Å². The van der Waals surface area contributed by atoms with Gasteiger partial charge in [0, 0.05) is 11.9 Å². The molecule has 94 valence electrons. The van der Waals surface area contributed by atoms with Crippen LogP contribution >= 0.6 is 0 Å². The summed E-state index contributed by atoms with van der Waals surface area (Å²) in [4.78, 5) is 8.66. The predicted molar refractivity (Wildman–Crippen MR) is 74.0 cm³/mol. The Bertz CT molecular complexity index is 517. The van der Waals surface area contributed by atoms with Gasteiger partial charge in [-0.1, -0.05) is 18.2 Å². The van der Waals surface area contributed by atoms with Crippen molar-refractivity contribution in [1.82, 2.24) is 15.3 Å². The van der Waals surface area contributed by atoms with Crippen molar-refractivity contribution in [1.29, 1.82) is 0 Å². The molecule has 0 aliphatic carbocycles. The SMILES string of the molecule is CNCc1nccc(Nc2c(C)cccc2C)n1. The molecule has 0 saturated heterocycles. The molecule has 1 aromatic heterocycles. The lowest BCUT2D eigenvalue weighted by Crippen LogP contribution is -2.10. The molecule has 2 aromatic rings. The number of benzene rings is 1. The number of aryl methyl sites for hydroxylation is 2. The lowest BCUT2D eigenvalue weighted by molar-refractivity contribution is 0.759. The molecule has 0 atom stereocenters. The lowest BCUT2D eigenvalue weighted by Gasteiger charge is -2.12. The van der Waals surface area contributed by atoms with Crippen LogP contribution in [0, 0.1) is 13.8 Å². The average molecular weight is 242 g/mol. The van der Waals surface area contributed by atoms with Crippen LogP contribution in [0.15, 0.2) is 30.5 Å². The van der Waals surface area contributed by atoms with Crippen molar-refractivity contribution < 1.29 is 0 Å². The van der Waals surface area contributed by atoms with Gasteiger partial charge < -0.3 is 10.6 Å². The van der Waals surface area contributed by atoms with Crippen molar-refractivity contribution >= 4 is 11.5 Å². The Labute approximate surface area is 107 Å². The predicted octanol–water partition coefficient (Wildman–Crippen LogP) is 2.56. The van der Waals surface area contributed by atoms with Crippen LogP contribution in [-0.2, 0) is 6.54 Å². The highest BCUT2D eigenvalue weighted by Gasteiger charge is 2.04. The van der Waals surface area contributed by atoms with E-state index in [4.69, 9.17) is 0 Å². The monoisotopic (exact) mass is 242 g/mol. The van der Waals surface area contributed by atoms with E-state index in [1.165, 1.54) is 11.1 Å². The van der Waals surface area contributed by atoms with Gasteiger partial charge in [0.05, 0.1) is 6.54 Å². The largest absolute Gasteiger partial charge is 0.340 e. The Kier molecular flexibility index (Phi) is 3.89. The van der Waals surface area contributed by atoms with Gasteiger partial charge in [-0.15, -0.1) is 0 Å². The van der Waals surface area contributed by atoms with E-state index < -0.39 is 0 Å². The molecule has 4 heteroatoms. The number of nitrogens with one attached hydrogen (secondary N) is 2. The Hall–Kier alpha value is -1.94. The van der Waals surface area contributed by atoms with Gasteiger partial charge in [0.1, 0.15) is 11.6 Å². The first-order chi connectivity index (χ1) is 8.70. The third-order valence-electron chi connectivity index (χ3n) is 2.77. The highest BCUT2D eigenvalue weighted by Crippen LogP contribution is 2.22. The summed E-state index contributed by atoms with van der Waals surface area (Å²) in [6, 6.07) is 8.11. The van der Waals surface area contributed by atoms with Crippen molar-refractivity contribution in [3.05, 3.63) is 47.4 Å². The molecule has 0 aliphatic rings. The van der Waals surface area contributed by atoms with Crippen LogP contribution in [-0.4, -0.2) is 17.0 Å². The van der Waals surface area contributed by atoms with Gasteiger partial charge in [-0.3, -0.25) is 0 Å². The van der Waals surface area contributed by atoms with Crippen LogP contribution in [0.4, 0.5) is 11.5 Å². The molecule has 0 amide bonds. The summed E-state index contributed by atoms with van der Waals surface area (Å²) in [7, 11) is 1.88. The van der Waals surface area contributed by atoms with Crippen molar-refractivity contribution in [2.24, 2.45) is 0 Å². The Morgan fingerprint density at radius 3 is 2.50 bits per heavy atom. The Morgan fingerprint density at radius 1 is 1.11 bits per heavy atom. The van der Waals surface area contributed by atoms with Crippen LogP contribution < -0.4 is 10.6 Å². The molecule has 4 nitrogen and oxygen atoms in total. The van der Waals surface area contributed by atoms with Gasteiger partial charge in [-0.2, -0.15) is 0 Å². The lowest BCUT2D eigenvalue weighted by atomic mass is 10.1. The van der Waals surface area contributed by atoms with Gasteiger partial charge in [0.15, 0.2) is 0 Å². The molecule has 0 saturated carbocycles. The fourth-order valence-electron chi connectivity index (χ4n) is 1.85. The van der Waals surface area contributed by atoms with Gasteiger partial charge in [-0.25, -0.2) is 9.97 Å². The van der Waals surface area contributed by atoms with Crippen LogP contribution in [0.2, 0.25) is 0 Å². The zero-order chi connectivity index (χ0) is 13.0. The summed E-state index contributed by atoms with van der Waals surface area (Å²) >= 11 is 0. The minimum Gasteiger partial charge on any atom is -0.340 e. The normalized spacial score (nSPS) is 10.4. The van der Waals surface area contributed by atoms with Crippen molar-refractivity contribution in [3.8, 4) is 0 Å². The molecule has 2 rings (SSSR count). The van der Waals surface area contributed by atoms with E-state index in [0.29, 0.717) is 6.54 Å². The van der Waals surface area contributed by atoms with E-state index in [2.05, 4.69) is 52.6 Å². The molecule has 1 aromatic carbocycles. The zero-order valence-electron chi connectivity index (χ0n) is 11.0. The van der Waals surface area contributed by atoms with E-state index >= 15 is 0 Å². The van der Waals surface area contributed by atoms with Crippen LogP contribution in [0.3, 0.4) is 0 Å². The molecule has 1 heterocycles. The van der Waals surface area contributed by atoms with Gasteiger partial charge in [-0.05, 0) is 38.1 Å². The number of hydrogen-bond donors (Lipinski definition) is 2. The smallest absolute Gasteiger partial charge is 0.144 e. The second-order valence-corrected chi connectivity index (χ2v) is 4.28. The molecule has 0 bridgehead atoms. The Morgan fingerprint density at radius 2 is 1.83 bits per heavy atom. The molecule has 2 N–H and O–H groups in total. The number of nitrogens with zero attached hydrogens (tertiary/aromatic N) is 2. The second-order valence-electron chi connectivity index (χ2n) is 4.28. The number of hydrogen-bond acceptors (Lipinski definition) is 4. The number of aromatic nitrogens is 2.